The van der Waals surface area contributed by atoms with E-state index in [1.54, 1.807) is 65.6 Å². The van der Waals surface area contributed by atoms with Gasteiger partial charge in [0.15, 0.2) is 0 Å². The fourth-order valence-corrected chi connectivity index (χ4v) is 7.92. The van der Waals surface area contributed by atoms with E-state index in [9.17, 15) is 18.0 Å². The molecule has 1 aromatic heterocycles. The van der Waals surface area contributed by atoms with Crippen LogP contribution in [-0.2, 0) is 14.8 Å². The van der Waals surface area contributed by atoms with Crippen LogP contribution < -0.4 is 10.1 Å². The van der Waals surface area contributed by atoms with Gasteiger partial charge in [-0.05, 0) is 65.7 Å². The number of ether oxygens (including phenoxy) is 1. The van der Waals surface area contributed by atoms with Gasteiger partial charge in [-0.25, -0.2) is 17.2 Å². The number of aromatic nitrogens is 1. The number of piperazine rings is 1. The van der Waals surface area contributed by atoms with Crippen molar-refractivity contribution in [2.75, 3.05) is 26.7 Å². The summed E-state index contributed by atoms with van der Waals surface area (Å²) in [7, 11) is -2.59. The van der Waals surface area contributed by atoms with Crippen molar-refractivity contribution in [1.29, 1.82) is 0 Å². The smallest absolute Gasteiger partial charge is 0.326 e. The lowest BCUT2D eigenvalue weighted by molar-refractivity contribution is -0.123. The van der Waals surface area contributed by atoms with Gasteiger partial charge in [-0.1, -0.05) is 65.7 Å². The molecule has 2 atom stereocenters. The summed E-state index contributed by atoms with van der Waals surface area (Å²) in [6, 6.07) is 25.9. The van der Waals surface area contributed by atoms with Gasteiger partial charge in [-0.15, -0.1) is 0 Å². The Balaban J connectivity index is 1.45. The van der Waals surface area contributed by atoms with E-state index < -0.39 is 28.1 Å². The SMILES string of the molecule is COc1ccc(S(=O)(=O)n2cc(C3=NC(c4cccc(Cl)c4)C(c4ccc(Cl)cc4)N3C(=O)N3CCNC(=O)C3)c3ccccc32)cc1. The lowest BCUT2D eigenvalue weighted by Gasteiger charge is -2.35. The molecule has 4 aromatic carbocycles. The Morgan fingerprint density at radius 2 is 1.67 bits per heavy atom. The number of para-hydroxylation sites is 1. The molecule has 244 valence electrons. The summed E-state index contributed by atoms with van der Waals surface area (Å²) in [6.07, 6.45) is 1.51. The number of carbonyl (C=O) groups is 2. The number of hydrogen-bond acceptors (Lipinski definition) is 6. The Hall–Kier alpha value is -4.84. The number of hydrogen-bond donors (Lipinski definition) is 1. The number of urea groups is 1. The summed E-state index contributed by atoms with van der Waals surface area (Å²) in [5, 5.41) is 4.36. The summed E-state index contributed by atoms with van der Waals surface area (Å²) in [5.41, 5.74) is 2.33. The maximum atomic E-state index is 14.6. The zero-order valence-electron chi connectivity index (χ0n) is 25.6. The molecule has 0 saturated carbocycles. The summed E-state index contributed by atoms with van der Waals surface area (Å²) >= 11 is 12.7. The van der Waals surface area contributed by atoms with Crippen LogP contribution in [0.5, 0.6) is 5.75 Å². The molecule has 1 fully saturated rings. The molecular formula is C35H29Cl2N5O5S. The molecule has 13 heteroatoms. The van der Waals surface area contributed by atoms with Gasteiger partial charge in [0.25, 0.3) is 10.0 Å². The second kappa shape index (κ2) is 12.6. The maximum absolute atomic E-state index is 14.6. The molecule has 0 aliphatic carbocycles. The van der Waals surface area contributed by atoms with Crippen molar-refractivity contribution >= 4 is 61.9 Å². The number of methoxy groups -OCH3 is 1. The van der Waals surface area contributed by atoms with Gasteiger partial charge in [-0.2, -0.15) is 0 Å². The number of rotatable bonds is 6. The van der Waals surface area contributed by atoms with Gasteiger partial charge in [0, 0.05) is 40.3 Å². The molecule has 5 aromatic rings. The molecule has 1 N–H and O–H groups in total. The van der Waals surface area contributed by atoms with E-state index in [0.29, 0.717) is 38.8 Å². The van der Waals surface area contributed by atoms with Crippen molar-refractivity contribution in [2.45, 2.75) is 17.0 Å². The predicted octanol–water partition coefficient (Wildman–Crippen LogP) is 6.29. The molecular weight excluding hydrogens is 673 g/mol. The monoisotopic (exact) mass is 701 g/mol. The first-order valence-electron chi connectivity index (χ1n) is 15.1. The molecule has 7 rings (SSSR count). The van der Waals surface area contributed by atoms with Crippen molar-refractivity contribution in [3.8, 4) is 5.75 Å². The van der Waals surface area contributed by atoms with Crippen LogP contribution in [0.15, 0.2) is 113 Å². The minimum Gasteiger partial charge on any atom is -0.497 e. The molecule has 0 radical (unpaired) electrons. The van der Waals surface area contributed by atoms with E-state index in [0.717, 1.165) is 11.1 Å². The van der Waals surface area contributed by atoms with E-state index in [4.69, 9.17) is 32.9 Å². The van der Waals surface area contributed by atoms with Crippen LogP contribution in [-0.4, -0.2) is 66.7 Å². The third-order valence-electron chi connectivity index (χ3n) is 8.52. The molecule has 2 aliphatic rings. The average Bonchev–Trinajstić information content (AvgIpc) is 3.68. The van der Waals surface area contributed by atoms with Crippen LogP contribution in [0, 0.1) is 0 Å². The van der Waals surface area contributed by atoms with Crippen molar-refractivity contribution in [3.63, 3.8) is 0 Å². The van der Waals surface area contributed by atoms with Gasteiger partial charge in [0.1, 0.15) is 24.2 Å². The quantitative estimate of drug-likeness (QED) is 0.224. The number of aliphatic imine (C=N–C) groups is 1. The molecule has 0 spiro atoms. The Labute approximate surface area is 287 Å². The molecule has 3 heterocycles. The summed E-state index contributed by atoms with van der Waals surface area (Å²) < 4.78 is 34.7. The molecule has 10 nitrogen and oxygen atoms in total. The second-order valence-corrected chi connectivity index (χ2v) is 14.1. The van der Waals surface area contributed by atoms with Gasteiger partial charge in [0.05, 0.1) is 23.6 Å². The fourth-order valence-electron chi connectivity index (χ4n) is 6.23. The van der Waals surface area contributed by atoms with E-state index in [1.807, 2.05) is 24.3 Å². The molecule has 1 saturated heterocycles. The van der Waals surface area contributed by atoms with Crippen LogP contribution in [0.1, 0.15) is 28.8 Å². The fraction of sp³-hybridized carbons (Fsp3) is 0.171. The standard InChI is InChI=1S/C35H29Cl2N5O5S/c1-47-26-13-15-27(16-14-26)48(45,46)41-20-29(28-7-2-3-8-30(28)41)34-39-32(23-5-4-6-25(37)19-23)33(22-9-11-24(36)12-10-22)42(34)35(44)40-18-17-38-31(43)21-40/h2-16,19-20,32-33H,17-18,21H2,1H3,(H,38,43). The number of benzene rings is 4. The summed E-state index contributed by atoms with van der Waals surface area (Å²) in [6.45, 7) is 0.455. The minimum atomic E-state index is -4.10. The van der Waals surface area contributed by atoms with E-state index >= 15 is 0 Å². The number of halogens is 2. The largest absolute Gasteiger partial charge is 0.497 e. The van der Waals surface area contributed by atoms with Crippen molar-refractivity contribution in [2.24, 2.45) is 4.99 Å². The lowest BCUT2D eigenvalue weighted by Crippen LogP contribution is -2.55. The van der Waals surface area contributed by atoms with Gasteiger partial charge >= 0.3 is 6.03 Å². The number of nitrogens with zero attached hydrogens (tertiary/aromatic N) is 4. The third-order valence-corrected chi connectivity index (χ3v) is 10.7. The Morgan fingerprint density at radius 3 is 2.38 bits per heavy atom. The van der Waals surface area contributed by atoms with Crippen LogP contribution in [0.4, 0.5) is 4.79 Å². The third kappa shape index (κ3) is 5.67. The van der Waals surface area contributed by atoms with E-state index in [1.165, 1.54) is 34.3 Å². The van der Waals surface area contributed by atoms with Crippen LogP contribution >= 0.6 is 23.2 Å². The average molecular weight is 703 g/mol. The topological polar surface area (TPSA) is 113 Å². The number of carbonyl (C=O) groups excluding carboxylic acids is 2. The highest BCUT2D eigenvalue weighted by atomic mass is 35.5. The molecule has 3 amide bonds. The number of amidine groups is 1. The summed E-state index contributed by atoms with van der Waals surface area (Å²) in [5.74, 6) is 0.507. The maximum Gasteiger partial charge on any atom is 0.326 e. The van der Waals surface area contributed by atoms with Gasteiger partial charge in [-0.3, -0.25) is 14.7 Å². The Kier molecular flexibility index (Phi) is 8.36. The molecule has 48 heavy (non-hydrogen) atoms. The van der Waals surface area contributed by atoms with Crippen LogP contribution in [0.25, 0.3) is 10.9 Å². The highest BCUT2D eigenvalue weighted by Crippen LogP contribution is 2.46. The van der Waals surface area contributed by atoms with E-state index in [2.05, 4.69) is 5.32 Å². The minimum absolute atomic E-state index is 0.0621. The first-order valence-corrected chi connectivity index (χ1v) is 17.3. The van der Waals surface area contributed by atoms with Crippen LogP contribution in [0.3, 0.4) is 0 Å². The van der Waals surface area contributed by atoms with E-state index in [-0.39, 0.29) is 29.7 Å². The van der Waals surface area contributed by atoms with Gasteiger partial charge < -0.3 is 15.0 Å². The van der Waals surface area contributed by atoms with Crippen LogP contribution in [0.2, 0.25) is 10.0 Å². The zero-order chi connectivity index (χ0) is 33.6. The van der Waals surface area contributed by atoms with Crippen molar-refractivity contribution < 1.29 is 22.7 Å². The second-order valence-electron chi connectivity index (χ2n) is 11.4. The number of fused-ring (bicyclic) bond motifs is 1. The molecule has 2 unspecified atom stereocenters. The highest BCUT2D eigenvalue weighted by molar-refractivity contribution is 7.90. The number of nitrogens with one attached hydrogen (secondary N) is 1. The zero-order valence-corrected chi connectivity index (χ0v) is 27.9. The predicted molar refractivity (Wildman–Crippen MR) is 184 cm³/mol. The Bertz CT molecular complexity index is 2190. The number of amides is 3. The normalized spacial score (nSPS) is 18.1. The summed E-state index contributed by atoms with van der Waals surface area (Å²) in [4.78, 5) is 35.4. The lowest BCUT2D eigenvalue weighted by atomic mass is 9.93. The molecule has 0 bridgehead atoms. The first kappa shape index (κ1) is 31.7. The van der Waals surface area contributed by atoms with Crippen molar-refractivity contribution in [3.05, 3.63) is 130 Å². The first-order chi connectivity index (χ1) is 23.2. The van der Waals surface area contributed by atoms with Gasteiger partial charge in [0.2, 0.25) is 5.91 Å². The highest BCUT2D eigenvalue weighted by Gasteiger charge is 2.45. The molecule has 2 aliphatic heterocycles. The Morgan fingerprint density at radius 1 is 0.917 bits per heavy atom. The van der Waals surface area contributed by atoms with Crippen molar-refractivity contribution in [1.82, 2.24) is 19.1 Å².